The lowest BCUT2D eigenvalue weighted by molar-refractivity contribution is 0.136. The molecule has 0 aromatic heterocycles. The van der Waals surface area contributed by atoms with Crippen LogP contribution in [0.4, 0.5) is 8.78 Å². The highest BCUT2D eigenvalue weighted by Gasteiger charge is 2.34. The summed E-state index contributed by atoms with van der Waals surface area (Å²) in [6.07, 6.45) is 1.00. The highest BCUT2D eigenvalue weighted by atomic mass is 19.2. The van der Waals surface area contributed by atoms with Gasteiger partial charge in [0.15, 0.2) is 11.6 Å². The zero-order chi connectivity index (χ0) is 11.0. The van der Waals surface area contributed by atoms with Gasteiger partial charge in [-0.25, -0.2) is 8.78 Å². The van der Waals surface area contributed by atoms with Crippen molar-refractivity contribution in [2.45, 2.75) is 31.8 Å². The Hall–Kier alpha value is -0.960. The molecule has 1 aliphatic rings. The van der Waals surface area contributed by atoms with Crippen LogP contribution in [-0.4, -0.2) is 11.2 Å². The van der Waals surface area contributed by atoms with E-state index in [9.17, 15) is 13.9 Å². The molecule has 0 amide bonds. The zero-order valence-electron chi connectivity index (χ0n) is 8.58. The molecule has 3 heteroatoms. The maximum atomic E-state index is 13.5. The van der Waals surface area contributed by atoms with Crippen molar-refractivity contribution >= 4 is 0 Å². The van der Waals surface area contributed by atoms with E-state index in [1.165, 1.54) is 6.07 Å². The monoisotopic (exact) mass is 212 g/mol. The third-order valence-corrected chi connectivity index (χ3v) is 3.40. The molecule has 3 unspecified atom stereocenters. The van der Waals surface area contributed by atoms with Crippen LogP contribution in [0.2, 0.25) is 0 Å². The van der Waals surface area contributed by atoms with Crippen molar-refractivity contribution in [1.29, 1.82) is 0 Å². The van der Waals surface area contributed by atoms with E-state index in [1.54, 1.807) is 6.07 Å². The molecular weight excluding hydrogens is 198 g/mol. The van der Waals surface area contributed by atoms with Gasteiger partial charge in [-0.3, -0.25) is 0 Å². The fourth-order valence-electron chi connectivity index (χ4n) is 2.39. The fourth-order valence-corrected chi connectivity index (χ4v) is 2.39. The van der Waals surface area contributed by atoms with Crippen LogP contribution in [0.3, 0.4) is 0 Å². The number of hydrogen-bond donors (Lipinski definition) is 1. The predicted octanol–water partition coefficient (Wildman–Crippen LogP) is 2.84. The van der Waals surface area contributed by atoms with Gasteiger partial charge in [-0.15, -0.1) is 0 Å². The van der Waals surface area contributed by atoms with Gasteiger partial charge < -0.3 is 5.11 Å². The number of benzene rings is 1. The smallest absolute Gasteiger partial charge is 0.162 e. The van der Waals surface area contributed by atoms with Gasteiger partial charge in [0.25, 0.3) is 0 Å². The van der Waals surface area contributed by atoms with Crippen molar-refractivity contribution in [3.05, 3.63) is 35.4 Å². The van der Waals surface area contributed by atoms with Crippen molar-refractivity contribution in [3.63, 3.8) is 0 Å². The summed E-state index contributed by atoms with van der Waals surface area (Å²) in [5.74, 6) is -1.62. The maximum Gasteiger partial charge on any atom is 0.162 e. The summed E-state index contributed by atoms with van der Waals surface area (Å²) in [4.78, 5) is 0. The van der Waals surface area contributed by atoms with Gasteiger partial charge in [-0.1, -0.05) is 19.1 Å². The van der Waals surface area contributed by atoms with Crippen LogP contribution in [0, 0.1) is 17.6 Å². The van der Waals surface area contributed by atoms with Crippen molar-refractivity contribution in [1.82, 2.24) is 0 Å². The minimum absolute atomic E-state index is 0.00120. The summed E-state index contributed by atoms with van der Waals surface area (Å²) in [7, 11) is 0. The van der Waals surface area contributed by atoms with E-state index in [0.717, 1.165) is 12.5 Å². The average Bonchev–Trinajstić information content (AvgIpc) is 2.53. The highest BCUT2D eigenvalue weighted by molar-refractivity contribution is 5.25. The first-order chi connectivity index (χ1) is 7.11. The number of aliphatic hydroxyl groups is 1. The van der Waals surface area contributed by atoms with Gasteiger partial charge in [0, 0.05) is 0 Å². The summed E-state index contributed by atoms with van der Waals surface area (Å²) in [6.45, 7) is 1.88. The molecule has 0 bridgehead atoms. The molecule has 0 radical (unpaired) electrons. The SMILES string of the molecule is CC1C(O)CCC1c1cccc(F)c1F. The summed E-state index contributed by atoms with van der Waals surface area (Å²) in [5, 5.41) is 9.57. The molecule has 0 spiro atoms. The molecule has 3 atom stereocenters. The number of hydrogen-bond acceptors (Lipinski definition) is 1. The number of rotatable bonds is 1. The predicted molar refractivity (Wildman–Crippen MR) is 53.5 cm³/mol. The van der Waals surface area contributed by atoms with Crippen LogP contribution < -0.4 is 0 Å². The van der Waals surface area contributed by atoms with E-state index in [2.05, 4.69) is 0 Å². The molecule has 1 aliphatic carbocycles. The van der Waals surface area contributed by atoms with E-state index in [-0.39, 0.29) is 11.8 Å². The summed E-state index contributed by atoms with van der Waals surface area (Å²) in [5.41, 5.74) is 0.402. The van der Waals surface area contributed by atoms with Crippen LogP contribution in [0.15, 0.2) is 18.2 Å². The molecule has 1 aromatic carbocycles. The molecule has 1 nitrogen and oxygen atoms in total. The first-order valence-electron chi connectivity index (χ1n) is 5.23. The van der Waals surface area contributed by atoms with E-state index in [4.69, 9.17) is 0 Å². The van der Waals surface area contributed by atoms with Gasteiger partial charge >= 0.3 is 0 Å². The van der Waals surface area contributed by atoms with E-state index >= 15 is 0 Å². The van der Waals surface area contributed by atoms with E-state index in [1.807, 2.05) is 6.92 Å². The molecule has 1 N–H and O–H groups in total. The molecule has 0 saturated heterocycles. The molecule has 0 aliphatic heterocycles. The molecule has 82 valence electrons. The Morgan fingerprint density at radius 3 is 2.60 bits per heavy atom. The standard InChI is InChI=1S/C12H14F2O/c1-7-8(5-6-11(7)15)9-3-2-4-10(13)12(9)14/h2-4,7-8,11,15H,5-6H2,1H3. The van der Waals surface area contributed by atoms with Gasteiger partial charge in [0.1, 0.15) is 0 Å². The third kappa shape index (κ3) is 1.76. The Bertz CT molecular complexity index is 365. The van der Waals surface area contributed by atoms with E-state index in [0.29, 0.717) is 12.0 Å². The Labute approximate surface area is 87.7 Å². The second kappa shape index (κ2) is 3.89. The second-order valence-electron chi connectivity index (χ2n) is 4.25. The van der Waals surface area contributed by atoms with Gasteiger partial charge in [0.05, 0.1) is 6.10 Å². The Balaban J connectivity index is 2.34. The Kier molecular flexibility index (Phi) is 2.74. The first kappa shape index (κ1) is 10.6. The summed E-state index contributed by atoms with van der Waals surface area (Å²) >= 11 is 0. The van der Waals surface area contributed by atoms with Crippen molar-refractivity contribution in [2.75, 3.05) is 0 Å². The molecular formula is C12H14F2O. The highest BCUT2D eigenvalue weighted by Crippen LogP contribution is 2.40. The molecule has 1 saturated carbocycles. The summed E-state index contributed by atoms with van der Waals surface area (Å²) < 4.78 is 26.5. The number of halogens is 2. The van der Waals surface area contributed by atoms with Crippen LogP contribution >= 0.6 is 0 Å². The van der Waals surface area contributed by atoms with Crippen LogP contribution in [-0.2, 0) is 0 Å². The normalized spacial score (nSPS) is 30.8. The molecule has 2 rings (SSSR count). The minimum atomic E-state index is -0.805. The number of aliphatic hydroxyl groups excluding tert-OH is 1. The maximum absolute atomic E-state index is 13.5. The molecule has 15 heavy (non-hydrogen) atoms. The Morgan fingerprint density at radius 2 is 2.00 bits per heavy atom. The molecule has 1 fully saturated rings. The Morgan fingerprint density at radius 1 is 1.27 bits per heavy atom. The van der Waals surface area contributed by atoms with Gasteiger partial charge in [-0.2, -0.15) is 0 Å². The van der Waals surface area contributed by atoms with Crippen LogP contribution in [0.1, 0.15) is 31.2 Å². The quantitative estimate of drug-likeness (QED) is 0.759. The van der Waals surface area contributed by atoms with Crippen molar-refractivity contribution < 1.29 is 13.9 Å². The van der Waals surface area contributed by atoms with Crippen LogP contribution in [0.25, 0.3) is 0 Å². The lowest BCUT2D eigenvalue weighted by Gasteiger charge is -2.18. The zero-order valence-corrected chi connectivity index (χ0v) is 8.58. The van der Waals surface area contributed by atoms with Gasteiger partial charge in [0.2, 0.25) is 0 Å². The lowest BCUT2D eigenvalue weighted by Crippen LogP contribution is -2.15. The fraction of sp³-hybridized carbons (Fsp3) is 0.500. The first-order valence-corrected chi connectivity index (χ1v) is 5.23. The van der Waals surface area contributed by atoms with Crippen LogP contribution in [0.5, 0.6) is 0 Å². The molecule has 0 heterocycles. The molecule has 1 aromatic rings. The van der Waals surface area contributed by atoms with Gasteiger partial charge in [-0.05, 0) is 36.3 Å². The lowest BCUT2D eigenvalue weighted by atomic mass is 9.89. The van der Waals surface area contributed by atoms with Crippen molar-refractivity contribution in [3.8, 4) is 0 Å². The largest absolute Gasteiger partial charge is 0.393 e. The third-order valence-electron chi connectivity index (χ3n) is 3.40. The van der Waals surface area contributed by atoms with Crippen molar-refractivity contribution in [2.24, 2.45) is 5.92 Å². The average molecular weight is 212 g/mol. The summed E-state index contributed by atoms with van der Waals surface area (Å²) in [6, 6.07) is 4.25. The topological polar surface area (TPSA) is 20.2 Å². The second-order valence-corrected chi connectivity index (χ2v) is 4.25. The van der Waals surface area contributed by atoms with E-state index < -0.39 is 17.7 Å². The minimum Gasteiger partial charge on any atom is -0.393 e.